The molecule has 1 aromatic rings. The van der Waals surface area contributed by atoms with E-state index < -0.39 is 23.9 Å². The van der Waals surface area contributed by atoms with Crippen molar-refractivity contribution in [2.45, 2.75) is 32.0 Å². The molecule has 0 radical (unpaired) electrons. The Balaban J connectivity index is 2.94. The lowest BCUT2D eigenvalue weighted by molar-refractivity contribution is -0.253. The van der Waals surface area contributed by atoms with Crippen LogP contribution in [0.3, 0.4) is 0 Å². The summed E-state index contributed by atoms with van der Waals surface area (Å²) in [5.74, 6) is -0.421. The summed E-state index contributed by atoms with van der Waals surface area (Å²) in [6.07, 6.45) is -8.45. The molecule has 0 aliphatic carbocycles. The zero-order valence-corrected chi connectivity index (χ0v) is 9.25. The number of hydrogen-bond acceptors (Lipinski definition) is 2. The first-order valence-electron chi connectivity index (χ1n) is 4.81. The maximum absolute atomic E-state index is 12.6. The number of ether oxygens (including phenoxy) is 1. The molecule has 2 nitrogen and oxygen atoms in total. The Morgan fingerprint density at radius 1 is 1.24 bits per heavy atom. The second-order valence-corrected chi connectivity index (χ2v) is 4.05. The molecule has 1 aromatic carbocycles. The van der Waals surface area contributed by atoms with Gasteiger partial charge < -0.3 is 9.84 Å². The third-order valence-corrected chi connectivity index (χ3v) is 2.05. The number of halogens is 4. The number of benzene rings is 1. The first-order valence-corrected chi connectivity index (χ1v) is 4.81. The molecule has 0 bridgehead atoms. The van der Waals surface area contributed by atoms with Gasteiger partial charge in [0.2, 0.25) is 0 Å². The van der Waals surface area contributed by atoms with Crippen molar-refractivity contribution in [2.24, 2.45) is 0 Å². The van der Waals surface area contributed by atoms with Crippen molar-refractivity contribution in [3.05, 3.63) is 29.8 Å². The van der Waals surface area contributed by atoms with Crippen molar-refractivity contribution >= 4 is 0 Å². The van der Waals surface area contributed by atoms with E-state index in [1.807, 2.05) is 0 Å². The van der Waals surface area contributed by atoms with Gasteiger partial charge in [0, 0.05) is 0 Å². The van der Waals surface area contributed by atoms with Gasteiger partial charge in [0.25, 0.3) is 0 Å². The van der Waals surface area contributed by atoms with Gasteiger partial charge in [-0.15, -0.1) is 0 Å². The molecular formula is C11H12F4O2. The van der Waals surface area contributed by atoms with Gasteiger partial charge in [0.1, 0.15) is 5.75 Å². The lowest BCUT2D eigenvalue weighted by Gasteiger charge is -2.21. The number of alkyl halides is 4. The highest BCUT2D eigenvalue weighted by molar-refractivity contribution is 5.31. The van der Waals surface area contributed by atoms with Crippen molar-refractivity contribution < 1.29 is 27.4 Å². The third-order valence-electron chi connectivity index (χ3n) is 2.05. The van der Waals surface area contributed by atoms with Gasteiger partial charge >= 0.3 is 12.5 Å². The predicted octanol–water partition coefficient (Wildman–Crippen LogP) is 3.15. The molecule has 0 saturated carbocycles. The highest BCUT2D eigenvalue weighted by Gasteiger charge is 2.44. The average molecular weight is 252 g/mol. The quantitative estimate of drug-likeness (QED) is 0.834. The molecule has 96 valence electrons. The Morgan fingerprint density at radius 2 is 1.82 bits per heavy atom. The molecule has 0 unspecified atom stereocenters. The standard InChI is InChI=1S/C11H12F4O2/c1-10(2,16)7-4-3-5-8(6-7)17-11(14,15)9(12)13/h3-6,9,16H,1-2H3. The van der Waals surface area contributed by atoms with Crippen LogP contribution in [0.15, 0.2) is 24.3 Å². The van der Waals surface area contributed by atoms with E-state index in [4.69, 9.17) is 0 Å². The van der Waals surface area contributed by atoms with Gasteiger partial charge in [0.15, 0.2) is 0 Å². The Bertz CT molecular complexity index is 385. The van der Waals surface area contributed by atoms with Crippen LogP contribution in [0.25, 0.3) is 0 Å². The maximum Gasteiger partial charge on any atom is 0.461 e. The largest absolute Gasteiger partial charge is 0.461 e. The molecule has 17 heavy (non-hydrogen) atoms. The van der Waals surface area contributed by atoms with Crippen LogP contribution >= 0.6 is 0 Å². The smallest absolute Gasteiger partial charge is 0.428 e. The normalized spacial score (nSPS) is 12.9. The molecular weight excluding hydrogens is 240 g/mol. The van der Waals surface area contributed by atoms with Crippen LogP contribution < -0.4 is 4.74 Å². The molecule has 0 aliphatic rings. The van der Waals surface area contributed by atoms with Crippen molar-refractivity contribution in [2.75, 3.05) is 0 Å². The van der Waals surface area contributed by atoms with E-state index in [9.17, 15) is 22.7 Å². The van der Waals surface area contributed by atoms with Crippen LogP contribution in [-0.4, -0.2) is 17.6 Å². The topological polar surface area (TPSA) is 29.5 Å². The minimum Gasteiger partial charge on any atom is -0.428 e. The first kappa shape index (κ1) is 13.8. The first-order chi connectivity index (χ1) is 7.63. The lowest BCUT2D eigenvalue weighted by Crippen LogP contribution is -2.33. The fourth-order valence-corrected chi connectivity index (χ4v) is 1.14. The summed E-state index contributed by atoms with van der Waals surface area (Å²) in [4.78, 5) is 0. The molecule has 1 rings (SSSR count). The molecule has 0 aromatic heterocycles. The highest BCUT2D eigenvalue weighted by atomic mass is 19.3. The number of aliphatic hydroxyl groups is 1. The zero-order valence-electron chi connectivity index (χ0n) is 9.25. The van der Waals surface area contributed by atoms with Gasteiger partial charge in [-0.1, -0.05) is 12.1 Å². The fourth-order valence-electron chi connectivity index (χ4n) is 1.14. The van der Waals surface area contributed by atoms with E-state index in [0.29, 0.717) is 5.56 Å². The van der Waals surface area contributed by atoms with Crippen LogP contribution in [0, 0.1) is 0 Å². The molecule has 0 fully saturated rings. The summed E-state index contributed by atoms with van der Waals surface area (Å²) in [7, 11) is 0. The zero-order chi connectivity index (χ0) is 13.3. The van der Waals surface area contributed by atoms with Crippen LogP contribution in [0.5, 0.6) is 5.75 Å². The fraction of sp³-hybridized carbons (Fsp3) is 0.455. The minimum atomic E-state index is -4.54. The van der Waals surface area contributed by atoms with E-state index in [0.717, 1.165) is 12.1 Å². The third kappa shape index (κ3) is 3.59. The van der Waals surface area contributed by atoms with Crippen molar-refractivity contribution in [3.8, 4) is 5.75 Å². The molecule has 0 heterocycles. The van der Waals surface area contributed by atoms with Crippen molar-refractivity contribution in [1.29, 1.82) is 0 Å². The predicted molar refractivity (Wildman–Crippen MR) is 53.3 cm³/mol. The van der Waals surface area contributed by atoms with Gasteiger partial charge in [-0.25, -0.2) is 0 Å². The number of rotatable bonds is 4. The Morgan fingerprint density at radius 3 is 2.29 bits per heavy atom. The van der Waals surface area contributed by atoms with Crippen LogP contribution in [0.4, 0.5) is 17.6 Å². The Labute approximate surface area is 95.8 Å². The van der Waals surface area contributed by atoms with Gasteiger partial charge in [-0.05, 0) is 31.5 Å². The van der Waals surface area contributed by atoms with Crippen molar-refractivity contribution in [1.82, 2.24) is 0 Å². The van der Waals surface area contributed by atoms with Crippen LogP contribution in [0.1, 0.15) is 19.4 Å². The van der Waals surface area contributed by atoms with E-state index in [2.05, 4.69) is 4.74 Å². The van der Waals surface area contributed by atoms with E-state index in [1.54, 1.807) is 0 Å². The summed E-state index contributed by atoms with van der Waals surface area (Å²) >= 11 is 0. The summed E-state index contributed by atoms with van der Waals surface area (Å²) in [5, 5.41) is 9.63. The highest BCUT2D eigenvalue weighted by Crippen LogP contribution is 2.30. The number of hydrogen-bond donors (Lipinski definition) is 1. The molecule has 6 heteroatoms. The summed E-state index contributed by atoms with van der Waals surface area (Å²) in [5.41, 5.74) is -0.973. The van der Waals surface area contributed by atoms with E-state index >= 15 is 0 Å². The minimum absolute atomic E-state index is 0.292. The summed E-state index contributed by atoms with van der Waals surface area (Å²) in [6, 6.07) is 5.03. The van der Waals surface area contributed by atoms with Crippen molar-refractivity contribution in [3.63, 3.8) is 0 Å². The molecule has 0 aliphatic heterocycles. The molecule has 0 spiro atoms. The van der Waals surface area contributed by atoms with Gasteiger partial charge in [-0.3, -0.25) is 0 Å². The lowest BCUT2D eigenvalue weighted by atomic mass is 9.98. The molecule has 0 saturated heterocycles. The summed E-state index contributed by atoms with van der Waals surface area (Å²) < 4.78 is 53.0. The van der Waals surface area contributed by atoms with E-state index in [1.165, 1.54) is 26.0 Å². The van der Waals surface area contributed by atoms with Crippen LogP contribution in [0.2, 0.25) is 0 Å². The maximum atomic E-state index is 12.6. The SMILES string of the molecule is CC(C)(O)c1cccc(OC(F)(F)C(F)F)c1. The van der Waals surface area contributed by atoms with Gasteiger partial charge in [0.05, 0.1) is 5.60 Å². The van der Waals surface area contributed by atoms with Gasteiger partial charge in [-0.2, -0.15) is 17.6 Å². The summed E-state index contributed by atoms with van der Waals surface area (Å²) in [6.45, 7) is 2.88. The monoisotopic (exact) mass is 252 g/mol. The molecule has 0 amide bonds. The molecule has 0 atom stereocenters. The Kier molecular flexibility index (Phi) is 3.66. The Hall–Kier alpha value is -1.30. The molecule has 1 N–H and O–H groups in total. The second-order valence-electron chi connectivity index (χ2n) is 4.05. The average Bonchev–Trinajstić information content (AvgIpc) is 2.15. The van der Waals surface area contributed by atoms with Crippen LogP contribution in [-0.2, 0) is 5.60 Å². The second kappa shape index (κ2) is 4.52. The van der Waals surface area contributed by atoms with E-state index in [-0.39, 0.29) is 0 Å².